The zero-order valence-electron chi connectivity index (χ0n) is 9.67. The lowest BCUT2D eigenvalue weighted by atomic mass is 10.1. The van der Waals surface area contributed by atoms with E-state index in [1.54, 1.807) is 12.1 Å². The van der Waals surface area contributed by atoms with Crippen LogP contribution in [0.3, 0.4) is 0 Å². The van der Waals surface area contributed by atoms with Gasteiger partial charge in [-0.3, -0.25) is 0 Å². The van der Waals surface area contributed by atoms with Crippen molar-refractivity contribution in [2.75, 3.05) is 0 Å². The maximum absolute atomic E-state index is 13.5. The maximum atomic E-state index is 13.5. The zero-order chi connectivity index (χ0) is 11.8. The molecule has 0 spiro atoms. The van der Waals surface area contributed by atoms with Gasteiger partial charge in [-0.15, -0.1) is 6.42 Å². The van der Waals surface area contributed by atoms with Gasteiger partial charge in [-0.05, 0) is 25.0 Å². The van der Waals surface area contributed by atoms with Crippen LogP contribution >= 0.6 is 0 Å². The number of hydrogen-bond donors (Lipinski definition) is 0. The molecule has 84 valence electrons. The minimum Gasteiger partial charge on any atom is -0.206 e. The van der Waals surface area contributed by atoms with Crippen molar-refractivity contribution in [3.63, 3.8) is 0 Å². The fourth-order valence-corrected chi connectivity index (χ4v) is 1.47. The number of benzene rings is 1. The topological polar surface area (TPSA) is 0 Å². The highest BCUT2D eigenvalue weighted by Gasteiger charge is 1.98. The molecule has 0 atom stereocenters. The lowest BCUT2D eigenvalue weighted by molar-refractivity contribution is 0.624. The van der Waals surface area contributed by atoms with Gasteiger partial charge in [0.1, 0.15) is 5.82 Å². The van der Waals surface area contributed by atoms with E-state index in [0.717, 1.165) is 12.8 Å². The fraction of sp³-hybridized carbons (Fsp3) is 0.333. The first-order valence-electron chi connectivity index (χ1n) is 5.70. The molecule has 0 nitrogen and oxygen atoms in total. The quantitative estimate of drug-likeness (QED) is 0.505. The molecule has 0 saturated carbocycles. The average Bonchev–Trinajstić information content (AvgIpc) is 2.30. The van der Waals surface area contributed by atoms with Crippen LogP contribution in [0, 0.1) is 18.2 Å². The number of terminal acetylenes is 1. The molecule has 0 unspecified atom stereocenters. The SMILES string of the molecule is C#Cc1ccc(/C=C/CCCCC)c(F)c1. The van der Waals surface area contributed by atoms with Gasteiger partial charge in [0, 0.05) is 11.1 Å². The van der Waals surface area contributed by atoms with Crippen LogP contribution in [-0.2, 0) is 0 Å². The lowest BCUT2D eigenvalue weighted by Gasteiger charge is -1.98. The van der Waals surface area contributed by atoms with Crippen LogP contribution in [0.1, 0.15) is 43.7 Å². The Morgan fingerprint density at radius 3 is 2.81 bits per heavy atom. The molecule has 0 N–H and O–H groups in total. The van der Waals surface area contributed by atoms with Crippen LogP contribution in [0.2, 0.25) is 0 Å². The van der Waals surface area contributed by atoms with E-state index >= 15 is 0 Å². The van der Waals surface area contributed by atoms with Crippen molar-refractivity contribution < 1.29 is 4.39 Å². The minimum absolute atomic E-state index is 0.248. The van der Waals surface area contributed by atoms with Crippen molar-refractivity contribution in [3.8, 4) is 12.3 Å². The summed E-state index contributed by atoms with van der Waals surface area (Å²) in [5.74, 6) is 2.17. The van der Waals surface area contributed by atoms with Gasteiger partial charge >= 0.3 is 0 Å². The summed E-state index contributed by atoms with van der Waals surface area (Å²) in [6.45, 7) is 2.17. The molecule has 1 aromatic rings. The zero-order valence-corrected chi connectivity index (χ0v) is 9.67. The molecule has 16 heavy (non-hydrogen) atoms. The molecular formula is C15H17F. The average molecular weight is 216 g/mol. The molecule has 0 bridgehead atoms. The summed E-state index contributed by atoms with van der Waals surface area (Å²) >= 11 is 0. The van der Waals surface area contributed by atoms with Crippen LogP contribution < -0.4 is 0 Å². The standard InChI is InChI=1S/C15H17F/c1-3-5-6-7-8-9-14-11-10-13(4-2)12-15(14)16/h2,8-12H,3,5-7H2,1H3/b9-8+. The Labute approximate surface area is 97.2 Å². The van der Waals surface area contributed by atoms with Gasteiger partial charge in [0.15, 0.2) is 0 Å². The van der Waals surface area contributed by atoms with Crippen LogP contribution in [0.4, 0.5) is 4.39 Å². The Hall–Kier alpha value is -1.55. The summed E-state index contributed by atoms with van der Waals surface area (Å²) in [6, 6.07) is 4.88. The van der Waals surface area contributed by atoms with Gasteiger partial charge in [-0.25, -0.2) is 4.39 Å². The number of allylic oxidation sites excluding steroid dienone is 1. The van der Waals surface area contributed by atoms with Crippen molar-refractivity contribution in [1.29, 1.82) is 0 Å². The summed E-state index contributed by atoms with van der Waals surface area (Å²) in [5, 5.41) is 0. The van der Waals surface area contributed by atoms with E-state index in [2.05, 4.69) is 12.8 Å². The van der Waals surface area contributed by atoms with Crippen molar-refractivity contribution in [2.45, 2.75) is 32.6 Å². The lowest BCUT2D eigenvalue weighted by Crippen LogP contribution is -1.84. The smallest absolute Gasteiger partial charge is 0.131 e. The Bertz CT molecular complexity index is 396. The summed E-state index contributed by atoms with van der Waals surface area (Å²) in [5.41, 5.74) is 1.19. The monoisotopic (exact) mass is 216 g/mol. The first-order valence-corrected chi connectivity index (χ1v) is 5.70. The number of halogens is 1. The first kappa shape index (κ1) is 12.5. The van der Waals surface area contributed by atoms with E-state index in [1.807, 2.05) is 12.2 Å². The Morgan fingerprint density at radius 1 is 1.38 bits per heavy atom. The van der Waals surface area contributed by atoms with Crippen molar-refractivity contribution in [2.24, 2.45) is 0 Å². The van der Waals surface area contributed by atoms with Crippen LogP contribution in [0.15, 0.2) is 24.3 Å². The van der Waals surface area contributed by atoms with Crippen molar-refractivity contribution >= 4 is 6.08 Å². The molecule has 0 aliphatic carbocycles. The molecule has 0 aliphatic heterocycles. The molecule has 0 amide bonds. The minimum atomic E-state index is -0.248. The predicted octanol–water partition coefficient (Wildman–Crippen LogP) is 4.40. The van der Waals surface area contributed by atoms with Gasteiger partial charge in [-0.2, -0.15) is 0 Å². The highest BCUT2D eigenvalue weighted by atomic mass is 19.1. The highest BCUT2D eigenvalue weighted by Crippen LogP contribution is 2.12. The van der Waals surface area contributed by atoms with Crippen LogP contribution in [-0.4, -0.2) is 0 Å². The summed E-state index contributed by atoms with van der Waals surface area (Å²) in [7, 11) is 0. The third-order valence-corrected chi connectivity index (χ3v) is 2.44. The second kappa shape index (κ2) is 6.85. The number of hydrogen-bond acceptors (Lipinski definition) is 0. The van der Waals surface area contributed by atoms with E-state index in [-0.39, 0.29) is 5.82 Å². The second-order valence-electron chi connectivity index (χ2n) is 3.78. The third-order valence-electron chi connectivity index (χ3n) is 2.44. The second-order valence-corrected chi connectivity index (χ2v) is 3.78. The van der Waals surface area contributed by atoms with Gasteiger partial charge < -0.3 is 0 Å². The van der Waals surface area contributed by atoms with E-state index in [9.17, 15) is 4.39 Å². The molecule has 0 saturated heterocycles. The van der Waals surface area contributed by atoms with Gasteiger partial charge in [0.25, 0.3) is 0 Å². The Morgan fingerprint density at radius 2 is 2.19 bits per heavy atom. The molecule has 0 fully saturated rings. The summed E-state index contributed by atoms with van der Waals surface area (Å²) in [4.78, 5) is 0. The maximum Gasteiger partial charge on any atom is 0.131 e. The highest BCUT2D eigenvalue weighted by molar-refractivity contribution is 5.52. The van der Waals surface area contributed by atoms with E-state index < -0.39 is 0 Å². The van der Waals surface area contributed by atoms with E-state index in [1.165, 1.54) is 18.9 Å². The Kier molecular flexibility index (Phi) is 5.36. The predicted molar refractivity (Wildman–Crippen MR) is 67.5 cm³/mol. The van der Waals surface area contributed by atoms with Crippen molar-refractivity contribution in [1.82, 2.24) is 0 Å². The first-order chi connectivity index (χ1) is 7.77. The molecular weight excluding hydrogens is 199 g/mol. The summed E-state index contributed by atoms with van der Waals surface area (Å²) in [6.07, 6.45) is 13.6. The third kappa shape index (κ3) is 3.90. The van der Waals surface area contributed by atoms with Gasteiger partial charge in [0.05, 0.1) is 0 Å². The van der Waals surface area contributed by atoms with Crippen LogP contribution in [0.25, 0.3) is 6.08 Å². The molecule has 1 heteroatoms. The number of rotatable bonds is 5. The summed E-state index contributed by atoms with van der Waals surface area (Å²) < 4.78 is 13.5. The Balaban J connectivity index is 2.57. The normalized spacial score (nSPS) is 10.6. The molecule has 0 aliphatic rings. The molecule has 0 heterocycles. The molecule has 0 aromatic heterocycles. The van der Waals surface area contributed by atoms with Gasteiger partial charge in [0.2, 0.25) is 0 Å². The van der Waals surface area contributed by atoms with Crippen LogP contribution in [0.5, 0.6) is 0 Å². The van der Waals surface area contributed by atoms with E-state index in [4.69, 9.17) is 6.42 Å². The molecule has 0 radical (unpaired) electrons. The number of unbranched alkanes of at least 4 members (excludes halogenated alkanes) is 3. The largest absolute Gasteiger partial charge is 0.206 e. The van der Waals surface area contributed by atoms with Crippen molar-refractivity contribution in [3.05, 3.63) is 41.2 Å². The molecule has 1 aromatic carbocycles. The van der Waals surface area contributed by atoms with E-state index in [0.29, 0.717) is 11.1 Å². The van der Waals surface area contributed by atoms with Gasteiger partial charge in [-0.1, -0.05) is 43.9 Å². The molecule has 1 rings (SSSR count). The fourth-order valence-electron chi connectivity index (χ4n) is 1.47.